The molecule has 0 heterocycles. The van der Waals surface area contributed by atoms with Gasteiger partial charge in [-0.25, -0.2) is 0 Å². The van der Waals surface area contributed by atoms with Crippen molar-refractivity contribution in [2.24, 2.45) is 0 Å². The van der Waals surface area contributed by atoms with Crippen molar-refractivity contribution in [2.45, 2.75) is 78.4 Å². The minimum Gasteiger partial charge on any atom is -0.417 e. The van der Waals surface area contributed by atoms with Gasteiger partial charge in [-0.1, -0.05) is 38.0 Å². The van der Waals surface area contributed by atoms with E-state index in [1.807, 2.05) is 6.92 Å². The average molecular weight is 311 g/mol. The largest absolute Gasteiger partial charge is 0.417 e. The summed E-state index contributed by atoms with van der Waals surface area (Å²) in [5.74, 6) is 0. The molecule has 0 unspecified atom stereocenters. The second-order valence-corrected chi connectivity index (χ2v) is 12.3. The first-order chi connectivity index (χ1) is 9.60. The standard InChI is InChI=1S/C18H34O2Si/c1-16(10-8-11-17(2)13-14-19)12-9-15-20-21(6,7)18(3,4)5/h10,13-14H,8-9,11-12,15H2,1-7H3/b16-10+,17-13+. The number of carbonyl (C=O) groups excluding carboxylic acids is 1. The van der Waals surface area contributed by atoms with E-state index in [0.29, 0.717) is 5.04 Å². The van der Waals surface area contributed by atoms with E-state index < -0.39 is 8.32 Å². The number of aldehydes is 1. The molecule has 0 fully saturated rings. The highest BCUT2D eigenvalue weighted by Crippen LogP contribution is 2.36. The third-order valence-electron chi connectivity index (χ3n) is 4.37. The normalized spacial score (nSPS) is 14.4. The van der Waals surface area contributed by atoms with Gasteiger partial charge in [0.2, 0.25) is 0 Å². The molecule has 0 aliphatic rings. The molecule has 122 valence electrons. The van der Waals surface area contributed by atoms with Gasteiger partial charge in [-0.15, -0.1) is 0 Å². The molecule has 0 aromatic carbocycles. The van der Waals surface area contributed by atoms with E-state index >= 15 is 0 Å². The number of rotatable bonds is 9. The maximum atomic E-state index is 10.3. The Hall–Kier alpha value is -0.673. The van der Waals surface area contributed by atoms with Crippen molar-refractivity contribution in [2.75, 3.05) is 6.61 Å². The van der Waals surface area contributed by atoms with Crippen LogP contribution in [0.4, 0.5) is 0 Å². The third-order valence-corrected chi connectivity index (χ3v) is 8.91. The minimum atomic E-state index is -1.59. The number of hydrogen-bond acceptors (Lipinski definition) is 2. The molecule has 0 spiro atoms. The maximum absolute atomic E-state index is 10.3. The molecule has 3 heteroatoms. The molecule has 2 nitrogen and oxygen atoms in total. The molecule has 0 N–H and O–H groups in total. The van der Waals surface area contributed by atoms with Gasteiger partial charge >= 0.3 is 0 Å². The lowest BCUT2D eigenvalue weighted by Crippen LogP contribution is -2.40. The van der Waals surface area contributed by atoms with E-state index in [4.69, 9.17) is 4.43 Å². The van der Waals surface area contributed by atoms with Gasteiger partial charge < -0.3 is 4.43 Å². The average Bonchev–Trinajstić information content (AvgIpc) is 2.33. The third kappa shape index (κ3) is 9.05. The van der Waals surface area contributed by atoms with E-state index in [1.54, 1.807) is 6.08 Å². The number of hydrogen-bond donors (Lipinski definition) is 0. The summed E-state index contributed by atoms with van der Waals surface area (Å²) in [6.07, 6.45) is 8.99. The summed E-state index contributed by atoms with van der Waals surface area (Å²) in [5, 5.41) is 0.292. The van der Waals surface area contributed by atoms with Gasteiger partial charge in [0, 0.05) is 6.61 Å². The second-order valence-electron chi connectivity index (χ2n) is 7.45. The van der Waals surface area contributed by atoms with E-state index in [-0.39, 0.29) is 0 Å². The summed E-state index contributed by atoms with van der Waals surface area (Å²) in [4.78, 5) is 10.3. The fourth-order valence-corrected chi connectivity index (χ4v) is 2.83. The summed E-state index contributed by atoms with van der Waals surface area (Å²) in [6, 6.07) is 0. The Morgan fingerprint density at radius 2 is 1.71 bits per heavy atom. The van der Waals surface area contributed by atoms with Crippen LogP contribution in [-0.4, -0.2) is 21.2 Å². The van der Waals surface area contributed by atoms with Crippen molar-refractivity contribution in [1.29, 1.82) is 0 Å². The molecule has 0 saturated carbocycles. The van der Waals surface area contributed by atoms with Crippen LogP contribution in [0.2, 0.25) is 18.1 Å². The van der Waals surface area contributed by atoms with Crippen LogP contribution >= 0.6 is 0 Å². The molecule has 0 rings (SSSR count). The highest BCUT2D eigenvalue weighted by atomic mass is 28.4. The van der Waals surface area contributed by atoms with Crippen molar-refractivity contribution in [1.82, 2.24) is 0 Å². The summed E-state index contributed by atoms with van der Waals surface area (Å²) in [6.45, 7) is 16.5. The summed E-state index contributed by atoms with van der Waals surface area (Å²) < 4.78 is 6.18. The Morgan fingerprint density at radius 1 is 1.10 bits per heavy atom. The van der Waals surface area contributed by atoms with E-state index in [1.165, 1.54) is 5.57 Å². The first kappa shape index (κ1) is 20.3. The van der Waals surface area contributed by atoms with Crippen molar-refractivity contribution < 1.29 is 9.22 Å². The Balaban J connectivity index is 3.97. The van der Waals surface area contributed by atoms with E-state index in [2.05, 4.69) is 46.9 Å². The summed E-state index contributed by atoms with van der Waals surface area (Å²) >= 11 is 0. The van der Waals surface area contributed by atoms with Crippen LogP contribution in [0.1, 0.15) is 60.3 Å². The molecule has 0 aromatic rings. The molecule has 0 aromatic heterocycles. The Morgan fingerprint density at radius 3 is 2.24 bits per heavy atom. The smallest absolute Gasteiger partial charge is 0.191 e. The lowest BCUT2D eigenvalue weighted by Gasteiger charge is -2.36. The number of carbonyl (C=O) groups is 1. The molecule has 0 aliphatic carbocycles. The Bertz CT molecular complexity index is 373. The van der Waals surface area contributed by atoms with Crippen LogP contribution in [0.15, 0.2) is 23.3 Å². The van der Waals surface area contributed by atoms with Gasteiger partial charge in [0.05, 0.1) is 0 Å². The molecule has 0 aliphatic heterocycles. The van der Waals surface area contributed by atoms with Crippen molar-refractivity contribution in [3.63, 3.8) is 0 Å². The lowest BCUT2D eigenvalue weighted by atomic mass is 10.1. The zero-order valence-electron chi connectivity index (χ0n) is 15.1. The van der Waals surface area contributed by atoms with Crippen LogP contribution in [0.3, 0.4) is 0 Å². The fraction of sp³-hybridized carbons (Fsp3) is 0.722. The van der Waals surface area contributed by atoms with Gasteiger partial charge in [0.1, 0.15) is 6.29 Å². The predicted molar refractivity (Wildman–Crippen MR) is 95.2 cm³/mol. The Labute approximate surface area is 132 Å². The first-order valence-electron chi connectivity index (χ1n) is 8.00. The second kappa shape index (κ2) is 9.37. The quantitative estimate of drug-likeness (QED) is 0.180. The van der Waals surface area contributed by atoms with Crippen molar-refractivity contribution >= 4 is 14.6 Å². The zero-order chi connectivity index (χ0) is 16.5. The van der Waals surface area contributed by atoms with Crippen molar-refractivity contribution in [3.8, 4) is 0 Å². The fourth-order valence-electron chi connectivity index (χ4n) is 1.74. The molecule has 0 radical (unpaired) electrons. The van der Waals surface area contributed by atoms with Crippen LogP contribution in [-0.2, 0) is 9.22 Å². The molecular weight excluding hydrogens is 276 g/mol. The maximum Gasteiger partial charge on any atom is 0.191 e. The molecule has 0 saturated heterocycles. The first-order valence-corrected chi connectivity index (χ1v) is 10.9. The monoisotopic (exact) mass is 310 g/mol. The minimum absolute atomic E-state index is 0.292. The Kier molecular flexibility index (Phi) is 9.07. The van der Waals surface area contributed by atoms with Crippen LogP contribution < -0.4 is 0 Å². The number of allylic oxidation sites excluding steroid dienone is 4. The topological polar surface area (TPSA) is 26.3 Å². The highest BCUT2D eigenvalue weighted by Gasteiger charge is 2.36. The molecule has 21 heavy (non-hydrogen) atoms. The lowest BCUT2D eigenvalue weighted by molar-refractivity contribution is -0.104. The van der Waals surface area contributed by atoms with Gasteiger partial charge in [-0.3, -0.25) is 4.79 Å². The molecule has 0 bridgehead atoms. The van der Waals surface area contributed by atoms with Crippen LogP contribution in [0, 0.1) is 0 Å². The van der Waals surface area contributed by atoms with E-state index in [9.17, 15) is 4.79 Å². The molecule has 0 atom stereocenters. The summed E-state index contributed by atoms with van der Waals surface area (Å²) in [7, 11) is -1.59. The van der Waals surface area contributed by atoms with Gasteiger partial charge in [0.25, 0.3) is 0 Å². The van der Waals surface area contributed by atoms with Crippen LogP contribution in [0.5, 0.6) is 0 Å². The van der Waals surface area contributed by atoms with E-state index in [0.717, 1.165) is 44.1 Å². The predicted octanol–water partition coefficient (Wildman–Crippen LogP) is 5.66. The van der Waals surface area contributed by atoms with Gasteiger partial charge in [-0.05, 0) is 63.7 Å². The van der Waals surface area contributed by atoms with Gasteiger partial charge in [-0.2, -0.15) is 0 Å². The molecular formula is C18H34O2Si. The SMILES string of the molecule is C/C(=C\C=O)CC/C=C(\C)CCCO[Si](C)(C)C(C)(C)C. The van der Waals surface area contributed by atoms with Gasteiger partial charge in [0.15, 0.2) is 8.32 Å². The summed E-state index contributed by atoms with van der Waals surface area (Å²) in [5.41, 5.74) is 2.57. The molecule has 0 amide bonds. The zero-order valence-corrected chi connectivity index (χ0v) is 16.1. The van der Waals surface area contributed by atoms with Crippen molar-refractivity contribution in [3.05, 3.63) is 23.3 Å². The highest BCUT2D eigenvalue weighted by molar-refractivity contribution is 6.74. The van der Waals surface area contributed by atoms with Crippen LogP contribution in [0.25, 0.3) is 0 Å².